The summed E-state index contributed by atoms with van der Waals surface area (Å²) in [6.45, 7) is 21.5. The number of alkyl carbamates (subject to hydrolysis) is 2. The predicted octanol–water partition coefficient (Wildman–Crippen LogP) is 13.2. The van der Waals surface area contributed by atoms with E-state index in [1.54, 1.807) is 24.3 Å². The number of imidazole rings is 4. The summed E-state index contributed by atoms with van der Waals surface area (Å²) in [6.07, 6.45) is 9.53. The number of H-pyrrole nitrogens is 4. The van der Waals surface area contributed by atoms with Gasteiger partial charge in [0.05, 0.1) is 112 Å². The van der Waals surface area contributed by atoms with Crippen molar-refractivity contribution in [3.63, 3.8) is 0 Å². The minimum Gasteiger partial charge on any atom is -0.469 e. The Labute approximate surface area is 637 Å². The van der Waals surface area contributed by atoms with Gasteiger partial charge in [0, 0.05) is 36.1 Å². The van der Waals surface area contributed by atoms with Crippen molar-refractivity contribution in [1.29, 1.82) is 0 Å². The fourth-order valence-electron chi connectivity index (χ4n) is 14.5. The molecule has 8 atom stereocenters. The average molecular weight is 1490 g/mol. The molecule has 1 fully saturated rings. The number of carbonyl (C=O) groups excluding carboxylic acids is 8. The number of aryl methyl sites for hydroxylation is 4. The maximum atomic E-state index is 13.8. The molecule has 26 heteroatoms. The Morgan fingerprint density at radius 2 is 0.945 bits per heavy atom. The highest BCUT2D eigenvalue weighted by Gasteiger charge is 2.39. The molecule has 1 saturated heterocycles. The Hall–Kier alpha value is -10.9. The molecule has 11 rings (SSSR count). The number of likely N-dealkylation sites (tertiary alicyclic amines) is 1. The second kappa shape index (κ2) is 35.9. The number of fused-ring (bicyclic) bond motifs is 6. The van der Waals surface area contributed by atoms with Crippen molar-refractivity contribution >= 4 is 47.8 Å². The van der Waals surface area contributed by atoms with E-state index in [2.05, 4.69) is 129 Å². The zero-order chi connectivity index (χ0) is 78.7. The van der Waals surface area contributed by atoms with Crippen molar-refractivity contribution < 1.29 is 57.3 Å². The van der Waals surface area contributed by atoms with E-state index in [1.807, 2.05) is 93.2 Å². The summed E-state index contributed by atoms with van der Waals surface area (Å²) in [5, 5.41) is 11.2. The third kappa shape index (κ3) is 19.0. The fraction of sp³-hybridized carbons (Fsp3) is 0.470. The molecule has 0 unspecified atom stereocenters. The summed E-state index contributed by atoms with van der Waals surface area (Å²) in [5.41, 5.74) is 16.6. The second-order valence-corrected chi connectivity index (χ2v) is 30.1. The molecule has 4 aromatic heterocycles. The van der Waals surface area contributed by atoms with Gasteiger partial charge in [0.25, 0.3) is 0 Å². The lowest BCUT2D eigenvalue weighted by Gasteiger charge is -2.30. The topological polar surface area (TPSA) is 343 Å². The highest BCUT2D eigenvalue weighted by molar-refractivity contribution is 5.88. The van der Waals surface area contributed by atoms with Gasteiger partial charge < -0.3 is 70.0 Å². The number of likely N-dealkylation sites (N-methyl/N-ethyl adjacent to an activating group) is 1. The van der Waals surface area contributed by atoms with Gasteiger partial charge in [-0.1, -0.05) is 140 Å². The average Bonchev–Trinajstić information content (AvgIpc) is 1.64. The van der Waals surface area contributed by atoms with Gasteiger partial charge in [-0.2, -0.15) is 0 Å². The maximum Gasteiger partial charge on any atom is 0.407 e. The summed E-state index contributed by atoms with van der Waals surface area (Å²) >= 11 is 0. The largest absolute Gasteiger partial charge is 0.469 e. The van der Waals surface area contributed by atoms with E-state index in [1.165, 1.54) is 39.6 Å². The number of nitrogens with one attached hydrogen (secondary N) is 8. The Morgan fingerprint density at radius 1 is 0.486 bits per heavy atom. The van der Waals surface area contributed by atoms with Gasteiger partial charge in [-0.05, 0) is 140 Å². The molecule has 5 heterocycles. The molecule has 1 aliphatic heterocycles. The van der Waals surface area contributed by atoms with Gasteiger partial charge in [-0.15, -0.1) is 0 Å². The van der Waals surface area contributed by atoms with Gasteiger partial charge in [0.15, 0.2) is 0 Å². The highest BCUT2D eigenvalue weighted by Crippen LogP contribution is 2.41. The van der Waals surface area contributed by atoms with E-state index in [-0.39, 0.29) is 84.2 Å². The van der Waals surface area contributed by atoms with Crippen LogP contribution < -0.4 is 21.3 Å². The van der Waals surface area contributed by atoms with Crippen LogP contribution in [0.25, 0.3) is 67.3 Å². The normalized spacial score (nSPS) is 15.7. The number of ether oxygens (including phenoxy) is 4. The predicted molar refractivity (Wildman–Crippen MR) is 414 cm³/mol. The molecule has 26 nitrogen and oxygen atoms in total. The van der Waals surface area contributed by atoms with E-state index in [4.69, 9.17) is 24.2 Å². The number of methoxy groups -OCH3 is 4. The standard InChI is InChI=1S/C43H55N7O6.C40H51N7O6/c1-24(2)32(22-36(51)55-7)41(52)50-20-10-13-35(50)40-45-33-12-9-11-30-21-29(18-19-31(30)38(33)47-40)27-14-16-28(17-15-27)34-23-44-39(46-34)26(5)49(6)42(53)37(25(3)4)48-43(54)56-8;1-21(2)30(19-33(48)52-7)38(49)42-24(6)37-44-31-11-9-10-28-18-27(16-17-29(28)35(31)46-37)25-12-14-26(15-13-25)32-20-41-36(45-32)23(5)43-39(50)34(22(3)4)47-40(51)53-8/h14-19,21,23-26,32,35,37H,9-13,20,22H2,1-8H3,(H,44,46)(H,45,47)(H,48,54);12-18,20-24,30,34H,9-11,19H2,1-8H3,(H,41,45)(H,42,49)(H,43,50)(H,44,46)(H,47,51)/t26-,32-,35-,37-;23-,24-,30-,34-/m00/s1. The first-order chi connectivity index (χ1) is 52.1. The fourth-order valence-corrected chi connectivity index (χ4v) is 14.5. The number of benzene rings is 4. The van der Waals surface area contributed by atoms with Crippen LogP contribution >= 0.6 is 0 Å². The minimum absolute atomic E-state index is 0.00860. The molecule has 2 aliphatic carbocycles. The number of amides is 6. The van der Waals surface area contributed by atoms with Crippen LogP contribution in [0.1, 0.15) is 185 Å². The molecule has 6 amide bonds. The van der Waals surface area contributed by atoms with E-state index in [9.17, 15) is 38.4 Å². The first-order valence-electron chi connectivity index (χ1n) is 37.9. The molecule has 0 spiro atoms. The summed E-state index contributed by atoms with van der Waals surface area (Å²) in [7, 11) is 6.93. The Kier molecular flexibility index (Phi) is 26.5. The highest BCUT2D eigenvalue weighted by atomic mass is 16.5. The zero-order valence-electron chi connectivity index (χ0n) is 65.5. The Balaban J connectivity index is 0.000000233. The molecule has 4 aromatic carbocycles. The number of hydrogen-bond donors (Lipinski definition) is 8. The molecule has 0 saturated carbocycles. The van der Waals surface area contributed by atoms with Crippen molar-refractivity contribution in [2.45, 2.75) is 177 Å². The van der Waals surface area contributed by atoms with Crippen LogP contribution in [0.3, 0.4) is 0 Å². The third-order valence-corrected chi connectivity index (χ3v) is 21.3. The zero-order valence-corrected chi connectivity index (χ0v) is 65.5. The smallest absolute Gasteiger partial charge is 0.407 e. The Bertz CT molecular complexity index is 4550. The lowest BCUT2D eigenvalue weighted by molar-refractivity contribution is -0.148. The second-order valence-electron chi connectivity index (χ2n) is 30.1. The van der Waals surface area contributed by atoms with Crippen LogP contribution in [0.4, 0.5) is 9.59 Å². The van der Waals surface area contributed by atoms with Crippen LogP contribution in [0.2, 0.25) is 0 Å². The van der Waals surface area contributed by atoms with Crippen molar-refractivity contribution in [2.24, 2.45) is 35.5 Å². The van der Waals surface area contributed by atoms with E-state index in [0.717, 1.165) is 136 Å². The molecular weight excluding hydrogens is 1380 g/mol. The summed E-state index contributed by atoms with van der Waals surface area (Å²) in [4.78, 5) is 137. The molecule has 0 radical (unpaired) electrons. The maximum absolute atomic E-state index is 13.8. The van der Waals surface area contributed by atoms with Crippen molar-refractivity contribution in [3.8, 4) is 67.3 Å². The quantitative estimate of drug-likeness (QED) is 0.0195. The molecular formula is C83H106N14O12. The molecule has 580 valence electrons. The van der Waals surface area contributed by atoms with Crippen LogP contribution in [0.5, 0.6) is 0 Å². The number of aromatic nitrogens is 8. The number of nitrogens with zero attached hydrogens (tertiary/aromatic N) is 6. The van der Waals surface area contributed by atoms with Crippen LogP contribution in [-0.2, 0) is 73.4 Å². The van der Waals surface area contributed by atoms with Crippen LogP contribution in [-0.4, -0.2) is 152 Å². The van der Waals surface area contributed by atoms with Crippen LogP contribution in [0, 0.1) is 35.5 Å². The summed E-state index contributed by atoms with van der Waals surface area (Å²) in [5.74, 6) is -0.00474. The minimum atomic E-state index is -0.745. The van der Waals surface area contributed by atoms with Gasteiger partial charge >= 0.3 is 24.1 Å². The third-order valence-electron chi connectivity index (χ3n) is 21.3. The molecule has 3 aliphatic rings. The van der Waals surface area contributed by atoms with Gasteiger partial charge in [-0.3, -0.25) is 28.8 Å². The van der Waals surface area contributed by atoms with E-state index >= 15 is 0 Å². The SMILES string of the molecule is COC(=O)C[C@H](C(=O)N1CCC[C@H]1c1nc2c([nH]1)CCCc1cc(-c3ccc(-c4cnc([C@H](C)N(C)C(=O)[C@@H](NC(=O)OC)C(C)C)[nH]4)cc3)ccc1-2)C(C)C.COC(=O)C[C@H](C(=O)N[C@@H](C)c1nc2c([nH]1)CCCc1cc(-c3ccc(-c4cnc([C@H](C)NC(=O)[C@@H](NC(=O)OC)C(C)C)[nH]4)cc3)ccc1-2)C(C)C. The first-order valence-corrected chi connectivity index (χ1v) is 37.9. The number of rotatable bonds is 25. The van der Waals surface area contributed by atoms with Crippen molar-refractivity contribution in [2.75, 3.05) is 42.0 Å². The molecule has 8 aromatic rings. The number of hydrogen-bond acceptors (Lipinski definition) is 16. The van der Waals surface area contributed by atoms with Gasteiger partial charge in [-0.25, -0.2) is 29.5 Å². The Morgan fingerprint density at radius 3 is 1.46 bits per heavy atom. The van der Waals surface area contributed by atoms with Crippen LogP contribution in [0.15, 0.2) is 97.3 Å². The lowest BCUT2D eigenvalue weighted by Crippen LogP contribution is -2.50. The molecule has 0 bridgehead atoms. The summed E-state index contributed by atoms with van der Waals surface area (Å²) < 4.78 is 19.1. The molecule has 8 N–H and O–H groups in total. The number of esters is 2. The van der Waals surface area contributed by atoms with Gasteiger partial charge in [0.2, 0.25) is 23.6 Å². The van der Waals surface area contributed by atoms with E-state index in [0.29, 0.717) is 24.0 Å². The number of carbonyl (C=O) groups is 8. The monoisotopic (exact) mass is 1490 g/mol. The van der Waals surface area contributed by atoms with E-state index < -0.39 is 48.1 Å². The van der Waals surface area contributed by atoms with Crippen molar-refractivity contribution in [3.05, 3.63) is 143 Å². The lowest BCUT2D eigenvalue weighted by atomic mass is 9.90. The molecule has 109 heavy (non-hydrogen) atoms. The number of aromatic amines is 4. The summed E-state index contributed by atoms with van der Waals surface area (Å²) in [6, 6.07) is 26.9. The van der Waals surface area contributed by atoms with Crippen molar-refractivity contribution in [1.82, 2.24) is 70.9 Å². The first kappa shape index (κ1) is 80.6. The van der Waals surface area contributed by atoms with Gasteiger partial charge in [0.1, 0.15) is 35.4 Å².